The molecule has 0 spiro atoms. The largest absolute Gasteiger partial charge is 0.482 e. The number of aromatic nitrogens is 3. The number of thiazole rings is 1. The molecule has 6 rings (SSSR count). The quantitative estimate of drug-likeness (QED) is 0.287. The number of nitrogens with zero attached hydrogens (tertiary/aromatic N) is 4. The minimum absolute atomic E-state index is 0.0509. The molecule has 0 fully saturated rings. The van der Waals surface area contributed by atoms with Gasteiger partial charge in [0.05, 0.1) is 25.2 Å². The van der Waals surface area contributed by atoms with Crippen LogP contribution in [0, 0.1) is 6.92 Å². The van der Waals surface area contributed by atoms with Crippen LogP contribution in [-0.2, 0) is 35.5 Å². The fraction of sp³-hybridized carbons (Fsp3) is 0.226. The molecule has 1 amide bonds. The molecule has 9 heteroatoms. The average molecular weight is 553 g/mol. The summed E-state index contributed by atoms with van der Waals surface area (Å²) < 4.78 is 7.46. The lowest BCUT2D eigenvalue weighted by molar-refractivity contribution is -0.139. The Bertz CT molecular complexity index is 1690. The van der Waals surface area contributed by atoms with Crippen LogP contribution in [0.1, 0.15) is 27.4 Å². The highest BCUT2D eigenvalue weighted by atomic mass is 32.1. The molecule has 0 aliphatic carbocycles. The number of carboxylic acid groups (broad SMARTS) is 1. The van der Waals surface area contributed by atoms with Gasteiger partial charge in [-0.25, -0.2) is 14.8 Å². The first kappa shape index (κ1) is 25.8. The molecule has 40 heavy (non-hydrogen) atoms. The topological polar surface area (TPSA) is 97.5 Å². The van der Waals surface area contributed by atoms with Crippen LogP contribution < -0.4 is 4.74 Å². The summed E-state index contributed by atoms with van der Waals surface area (Å²) in [5, 5.41) is 10.9. The molecule has 0 bridgehead atoms. The molecule has 0 unspecified atom stereocenters. The summed E-state index contributed by atoms with van der Waals surface area (Å²) in [4.78, 5) is 36.8. The molecule has 3 aromatic heterocycles. The van der Waals surface area contributed by atoms with Gasteiger partial charge in [-0.2, -0.15) is 0 Å². The molecule has 1 N–H and O–H groups in total. The number of fused-ring (bicyclic) bond motifs is 3. The van der Waals surface area contributed by atoms with Crippen molar-refractivity contribution in [2.24, 2.45) is 0 Å². The van der Waals surface area contributed by atoms with Crippen molar-refractivity contribution in [2.75, 3.05) is 13.2 Å². The van der Waals surface area contributed by atoms with Crippen LogP contribution >= 0.6 is 11.3 Å². The molecular weight excluding hydrogens is 524 g/mol. The second kappa shape index (κ2) is 10.9. The van der Waals surface area contributed by atoms with Crippen molar-refractivity contribution in [1.29, 1.82) is 0 Å². The number of benzene rings is 2. The molecule has 0 radical (unpaired) electrons. The number of carboxylic acids is 1. The highest BCUT2D eigenvalue weighted by Gasteiger charge is 2.28. The van der Waals surface area contributed by atoms with Crippen LogP contribution in [0.25, 0.3) is 21.6 Å². The van der Waals surface area contributed by atoms with E-state index in [-0.39, 0.29) is 12.3 Å². The van der Waals surface area contributed by atoms with Gasteiger partial charge in [0, 0.05) is 34.3 Å². The summed E-state index contributed by atoms with van der Waals surface area (Å²) in [6, 6.07) is 21.3. The SMILES string of the molecule is Cc1nc(-c2ccccc2)sc1Cn1c2c(c3cccnc31)CCN(C(=O)Cc1ccc(OCC(=O)O)cc1)C2. The molecule has 0 atom stereocenters. The normalized spacial score (nSPS) is 12.9. The van der Waals surface area contributed by atoms with Crippen molar-refractivity contribution in [3.8, 4) is 16.3 Å². The van der Waals surface area contributed by atoms with Crippen LogP contribution in [0.5, 0.6) is 5.75 Å². The van der Waals surface area contributed by atoms with E-state index in [1.807, 2.05) is 47.5 Å². The number of carbonyl (C=O) groups is 2. The lowest BCUT2D eigenvalue weighted by Crippen LogP contribution is -2.37. The first-order valence-electron chi connectivity index (χ1n) is 13.1. The second-order valence-corrected chi connectivity index (χ2v) is 10.9. The molecule has 5 aromatic rings. The van der Waals surface area contributed by atoms with Crippen molar-refractivity contribution in [2.45, 2.75) is 32.9 Å². The van der Waals surface area contributed by atoms with Crippen molar-refractivity contribution in [3.05, 3.63) is 100 Å². The number of ether oxygens (including phenoxy) is 1. The number of aryl methyl sites for hydroxylation is 1. The number of hydrogen-bond acceptors (Lipinski definition) is 6. The summed E-state index contributed by atoms with van der Waals surface area (Å²) in [6.07, 6.45) is 2.86. The summed E-state index contributed by atoms with van der Waals surface area (Å²) in [5.74, 6) is -0.513. The lowest BCUT2D eigenvalue weighted by Gasteiger charge is -2.28. The van der Waals surface area contributed by atoms with Crippen LogP contribution in [-0.4, -0.2) is 49.6 Å². The summed E-state index contributed by atoms with van der Waals surface area (Å²) in [7, 11) is 0. The van der Waals surface area contributed by atoms with Gasteiger partial charge < -0.3 is 19.3 Å². The zero-order valence-corrected chi connectivity index (χ0v) is 22.9. The number of pyridine rings is 1. The molecule has 4 heterocycles. The first-order chi connectivity index (χ1) is 19.5. The van der Waals surface area contributed by atoms with E-state index in [1.165, 1.54) is 10.4 Å². The molecule has 0 saturated carbocycles. The van der Waals surface area contributed by atoms with E-state index in [2.05, 4.69) is 29.7 Å². The predicted octanol–water partition coefficient (Wildman–Crippen LogP) is 5.11. The zero-order chi connectivity index (χ0) is 27.6. The standard InChI is InChI=1S/C31H28N4O4S/c1-20-27(40-31(33-20)22-6-3-2-4-7-22)18-35-26-17-34(15-13-24(26)25-8-5-14-32-30(25)35)28(36)16-21-9-11-23(12-10-21)39-19-29(37)38/h2-12,14H,13,15-19H2,1H3,(H,37,38). The Balaban J connectivity index is 1.24. The Kier molecular flexibility index (Phi) is 7.04. The molecule has 8 nitrogen and oxygen atoms in total. The second-order valence-electron chi connectivity index (χ2n) is 9.85. The van der Waals surface area contributed by atoms with Gasteiger partial charge in [0.2, 0.25) is 5.91 Å². The van der Waals surface area contributed by atoms with E-state index in [4.69, 9.17) is 19.8 Å². The fourth-order valence-corrected chi connectivity index (χ4v) is 6.26. The maximum Gasteiger partial charge on any atom is 0.341 e. The number of amides is 1. The van der Waals surface area contributed by atoms with Crippen molar-refractivity contribution >= 4 is 34.2 Å². The summed E-state index contributed by atoms with van der Waals surface area (Å²) in [6.45, 7) is 3.48. The fourth-order valence-electron chi connectivity index (χ4n) is 5.20. The molecule has 1 aliphatic heterocycles. The van der Waals surface area contributed by atoms with Gasteiger partial charge in [-0.1, -0.05) is 42.5 Å². The average Bonchev–Trinajstić information content (AvgIpc) is 3.50. The Hall–Kier alpha value is -4.50. The molecular formula is C31H28N4O4S. The van der Waals surface area contributed by atoms with Crippen LogP contribution in [0.3, 0.4) is 0 Å². The maximum absolute atomic E-state index is 13.4. The third-order valence-electron chi connectivity index (χ3n) is 7.22. The number of hydrogen-bond donors (Lipinski definition) is 1. The minimum Gasteiger partial charge on any atom is -0.482 e. The van der Waals surface area contributed by atoms with E-state index in [0.29, 0.717) is 25.4 Å². The van der Waals surface area contributed by atoms with Gasteiger partial charge in [-0.15, -0.1) is 11.3 Å². The number of aliphatic carboxylic acids is 1. The van der Waals surface area contributed by atoms with Gasteiger partial charge in [0.25, 0.3) is 0 Å². The lowest BCUT2D eigenvalue weighted by atomic mass is 10.0. The van der Waals surface area contributed by atoms with Gasteiger partial charge in [0.15, 0.2) is 6.61 Å². The third kappa shape index (κ3) is 5.20. The summed E-state index contributed by atoms with van der Waals surface area (Å²) >= 11 is 1.70. The Morgan fingerprint density at radius 1 is 1.05 bits per heavy atom. The van der Waals surface area contributed by atoms with Gasteiger partial charge in [-0.3, -0.25) is 4.79 Å². The Morgan fingerprint density at radius 3 is 2.62 bits per heavy atom. The number of rotatable bonds is 8. The van der Waals surface area contributed by atoms with E-state index in [9.17, 15) is 9.59 Å². The minimum atomic E-state index is -1.03. The molecule has 0 saturated heterocycles. The van der Waals surface area contributed by atoms with E-state index < -0.39 is 12.6 Å². The van der Waals surface area contributed by atoms with Crippen LogP contribution in [0.15, 0.2) is 72.9 Å². The van der Waals surface area contributed by atoms with Gasteiger partial charge in [0.1, 0.15) is 16.4 Å². The van der Waals surface area contributed by atoms with Crippen LogP contribution in [0.4, 0.5) is 0 Å². The van der Waals surface area contributed by atoms with E-state index in [1.54, 1.807) is 23.5 Å². The van der Waals surface area contributed by atoms with E-state index >= 15 is 0 Å². The highest BCUT2D eigenvalue weighted by molar-refractivity contribution is 7.15. The zero-order valence-electron chi connectivity index (χ0n) is 22.0. The molecule has 1 aliphatic rings. The van der Waals surface area contributed by atoms with Crippen molar-refractivity contribution < 1.29 is 19.4 Å². The monoisotopic (exact) mass is 552 g/mol. The molecule has 2 aromatic carbocycles. The summed E-state index contributed by atoms with van der Waals surface area (Å²) in [5.41, 5.74) is 6.30. The van der Waals surface area contributed by atoms with Gasteiger partial charge in [-0.05, 0) is 48.7 Å². The Morgan fingerprint density at radius 2 is 1.85 bits per heavy atom. The Labute approximate surface area is 235 Å². The maximum atomic E-state index is 13.4. The van der Waals surface area contributed by atoms with Gasteiger partial charge >= 0.3 is 5.97 Å². The van der Waals surface area contributed by atoms with E-state index in [0.717, 1.165) is 45.0 Å². The number of carbonyl (C=O) groups excluding carboxylic acids is 1. The van der Waals surface area contributed by atoms with Crippen molar-refractivity contribution in [1.82, 2.24) is 19.4 Å². The first-order valence-corrected chi connectivity index (χ1v) is 14.0. The predicted molar refractivity (Wildman–Crippen MR) is 154 cm³/mol. The third-order valence-corrected chi connectivity index (χ3v) is 8.41. The van der Waals surface area contributed by atoms with Crippen LogP contribution in [0.2, 0.25) is 0 Å². The smallest absolute Gasteiger partial charge is 0.341 e. The van der Waals surface area contributed by atoms with Crippen molar-refractivity contribution in [3.63, 3.8) is 0 Å². The molecule has 202 valence electrons. The highest BCUT2D eigenvalue weighted by Crippen LogP contribution is 2.34.